The number of rotatable bonds is 3. The van der Waals surface area contributed by atoms with Gasteiger partial charge < -0.3 is 5.32 Å². The van der Waals surface area contributed by atoms with Crippen LogP contribution in [0.25, 0.3) is 5.52 Å². The summed E-state index contributed by atoms with van der Waals surface area (Å²) in [6.45, 7) is 0. The molecular weight excluding hydrogens is 361 g/mol. The molecule has 2 aromatic heterocycles. The molecule has 6 heteroatoms. The summed E-state index contributed by atoms with van der Waals surface area (Å²) in [5.41, 5.74) is 1.92. The highest BCUT2D eigenvalue weighted by molar-refractivity contribution is 9.10. The van der Waals surface area contributed by atoms with Gasteiger partial charge in [0.2, 0.25) is 5.91 Å². The lowest BCUT2D eigenvalue weighted by molar-refractivity contribution is -0.117. The normalized spacial score (nSPS) is 19.7. The van der Waals surface area contributed by atoms with E-state index in [0.717, 1.165) is 22.0 Å². The van der Waals surface area contributed by atoms with Crippen LogP contribution in [0.15, 0.2) is 53.1 Å². The van der Waals surface area contributed by atoms with Crippen molar-refractivity contribution in [3.05, 3.63) is 64.5 Å². The fourth-order valence-electron chi connectivity index (χ4n) is 2.80. The fraction of sp³-hybridized carbons (Fsp3) is 0.176. The van der Waals surface area contributed by atoms with Gasteiger partial charge in [0.25, 0.3) is 0 Å². The summed E-state index contributed by atoms with van der Waals surface area (Å²) in [4.78, 5) is 12.3. The molecule has 3 aromatic rings. The Morgan fingerprint density at radius 1 is 1.26 bits per heavy atom. The lowest BCUT2D eigenvalue weighted by Crippen LogP contribution is -2.15. The van der Waals surface area contributed by atoms with Gasteiger partial charge in [0.05, 0.1) is 5.52 Å². The van der Waals surface area contributed by atoms with E-state index in [1.807, 2.05) is 24.4 Å². The topological polar surface area (TPSA) is 46.4 Å². The van der Waals surface area contributed by atoms with Gasteiger partial charge in [-0.15, -0.1) is 5.10 Å². The number of nitrogens with zero attached hydrogens (tertiary/aromatic N) is 2. The highest BCUT2D eigenvalue weighted by Gasteiger charge is 2.44. The first-order valence-electron chi connectivity index (χ1n) is 7.31. The summed E-state index contributed by atoms with van der Waals surface area (Å²) in [6.07, 6.45) is 2.62. The van der Waals surface area contributed by atoms with Crippen LogP contribution in [0, 0.1) is 11.7 Å². The Labute approximate surface area is 140 Å². The smallest absolute Gasteiger partial charge is 0.229 e. The number of aromatic nitrogens is 2. The lowest BCUT2D eigenvalue weighted by atomic mass is 10.1. The molecule has 1 aromatic carbocycles. The third-order valence-corrected chi connectivity index (χ3v) is 4.57. The van der Waals surface area contributed by atoms with E-state index in [1.54, 1.807) is 16.6 Å². The molecule has 116 valence electrons. The molecule has 1 N–H and O–H groups in total. The number of benzene rings is 1. The van der Waals surface area contributed by atoms with Gasteiger partial charge in [-0.25, -0.2) is 8.91 Å². The minimum absolute atomic E-state index is 0.0400. The molecule has 0 saturated heterocycles. The van der Waals surface area contributed by atoms with Crippen molar-refractivity contribution in [2.75, 3.05) is 5.32 Å². The van der Waals surface area contributed by atoms with E-state index in [4.69, 9.17) is 0 Å². The maximum Gasteiger partial charge on any atom is 0.229 e. The molecule has 2 heterocycles. The minimum atomic E-state index is -0.258. The highest BCUT2D eigenvalue weighted by Crippen LogP contribution is 2.47. The maximum absolute atomic E-state index is 13.0. The van der Waals surface area contributed by atoms with Crippen molar-refractivity contribution in [3.8, 4) is 0 Å². The van der Waals surface area contributed by atoms with Gasteiger partial charge in [-0.05, 0) is 58.1 Å². The number of fused-ring (bicyclic) bond motifs is 1. The molecule has 2 atom stereocenters. The molecule has 4 nitrogen and oxygen atoms in total. The largest absolute Gasteiger partial charge is 0.309 e. The maximum atomic E-state index is 13.0. The Kier molecular flexibility index (Phi) is 3.41. The number of nitrogens with one attached hydrogen (secondary N) is 1. The molecule has 23 heavy (non-hydrogen) atoms. The van der Waals surface area contributed by atoms with Gasteiger partial charge in [-0.1, -0.05) is 12.1 Å². The van der Waals surface area contributed by atoms with Crippen LogP contribution in [-0.2, 0) is 4.79 Å². The van der Waals surface area contributed by atoms with Crippen molar-refractivity contribution in [2.24, 2.45) is 5.92 Å². The van der Waals surface area contributed by atoms with Gasteiger partial charge in [0.15, 0.2) is 5.82 Å². The second kappa shape index (κ2) is 5.45. The zero-order valence-electron chi connectivity index (χ0n) is 12.0. The molecule has 1 aliphatic carbocycles. The van der Waals surface area contributed by atoms with Crippen LogP contribution in [0.3, 0.4) is 0 Å². The van der Waals surface area contributed by atoms with Gasteiger partial charge >= 0.3 is 0 Å². The zero-order valence-corrected chi connectivity index (χ0v) is 13.6. The molecule has 4 rings (SSSR count). The minimum Gasteiger partial charge on any atom is -0.309 e. The molecule has 0 radical (unpaired) electrons. The first-order chi connectivity index (χ1) is 11.1. The molecule has 0 unspecified atom stereocenters. The first-order valence-corrected chi connectivity index (χ1v) is 8.11. The Balaban J connectivity index is 1.46. The average Bonchev–Trinajstić information content (AvgIpc) is 3.23. The summed E-state index contributed by atoms with van der Waals surface area (Å²) in [6, 6.07) is 12.0. The number of halogens is 2. The molecular formula is C17H13BrFN3O. The number of amides is 1. The third kappa shape index (κ3) is 2.86. The van der Waals surface area contributed by atoms with E-state index < -0.39 is 0 Å². The number of pyridine rings is 1. The van der Waals surface area contributed by atoms with Crippen LogP contribution >= 0.6 is 15.9 Å². The number of hydrogen-bond donors (Lipinski definition) is 1. The Morgan fingerprint density at radius 3 is 2.83 bits per heavy atom. The third-order valence-electron chi connectivity index (χ3n) is 4.10. The van der Waals surface area contributed by atoms with E-state index in [9.17, 15) is 9.18 Å². The molecule has 0 aliphatic heterocycles. The SMILES string of the molecule is O=C(Nc1cc2ccc(Br)cn2n1)[C@@H]1C[C@H]1c1ccc(F)cc1. The highest BCUT2D eigenvalue weighted by atomic mass is 79.9. The van der Waals surface area contributed by atoms with Crippen LogP contribution in [0.4, 0.5) is 10.2 Å². The van der Waals surface area contributed by atoms with E-state index in [1.165, 1.54) is 12.1 Å². The van der Waals surface area contributed by atoms with Crippen LogP contribution in [0.2, 0.25) is 0 Å². The summed E-state index contributed by atoms with van der Waals surface area (Å²) in [5.74, 6) is 0.338. The van der Waals surface area contributed by atoms with Crippen LogP contribution in [0.5, 0.6) is 0 Å². The Morgan fingerprint density at radius 2 is 2.04 bits per heavy atom. The number of hydrogen-bond acceptors (Lipinski definition) is 2. The van der Waals surface area contributed by atoms with Crippen molar-refractivity contribution in [1.29, 1.82) is 0 Å². The Hall–Kier alpha value is -2.21. The zero-order chi connectivity index (χ0) is 16.0. The number of carbonyl (C=O) groups excluding carboxylic acids is 1. The fourth-order valence-corrected chi connectivity index (χ4v) is 3.13. The standard InChI is InChI=1S/C17H13BrFN3O/c18-11-3-6-13-7-16(21-22(13)9-11)20-17(23)15-8-14(15)10-1-4-12(19)5-2-10/h1-7,9,14-15H,8H2,(H,20,21,23)/t14-,15+/m0/s1. The molecule has 0 spiro atoms. The van der Waals surface area contributed by atoms with Crippen molar-refractivity contribution in [2.45, 2.75) is 12.3 Å². The van der Waals surface area contributed by atoms with Gasteiger partial charge in [-0.3, -0.25) is 4.79 Å². The molecule has 1 amide bonds. The summed E-state index contributed by atoms with van der Waals surface area (Å²) >= 11 is 3.39. The number of anilines is 1. The second-order valence-electron chi connectivity index (χ2n) is 5.74. The molecule has 0 bridgehead atoms. The van der Waals surface area contributed by atoms with Crippen molar-refractivity contribution >= 4 is 33.2 Å². The Bertz CT molecular complexity index is 890. The predicted octanol–water partition coefficient (Wildman–Crippen LogP) is 3.98. The molecule has 1 saturated carbocycles. The van der Waals surface area contributed by atoms with E-state index in [-0.39, 0.29) is 23.6 Å². The van der Waals surface area contributed by atoms with Gasteiger partial charge in [-0.2, -0.15) is 0 Å². The lowest BCUT2D eigenvalue weighted by Gasteiger charge is -2.02. The summed E-state index contributed by atoms with van der Waals surface area (Å²) < 4.78 is 15.6. The van der Waals surface area contributed by atoms with E-state index in [2.05, 4.69) is 26.3 Å². The summed E-state index contributed by atoms with van der Waals surface area (Å²) in [7, 11) is 0. The van der Waals surface area contributed by atoms with Crippen LogP contribution in [0.1, 0.15) is 17.9 Å². The van der Waals surface area contributed by atoms with Crippen molar-refractivity contribution < 1.29 is 9.18 Å². The van der Waals surface area contributed by atoms with E-state index >= 15 is 0 Å². The summed E-state index contributed by atoms with van der Waals surface area (Å²) in [5, 5.41) is 7.20. The van der Waals surface area contributed by atoms with Crippen LogP contribution in [-0.4, -0.2) is 15.5 Å². The first kappa shape index (κ1) is 14.4. The van der Waals surface area contributed by atoms with Gasteiger partial charge in [0.1, 0.15) is 5.82 Å². The second-order valence-corrected chi connectivity index (χ2v) is 6.65. The van der Waals surface area contributed by atoms with Gasteiger partial charge in [0, 0.05) is 22.7 Å². The quantitative estimate of drug-likeness (QED) is 0.754. The molecule has 1 aliphatic rings. The van der Waals surface area contributed by atoms with E-state index in [0.29, 0.717) is 5.82 Å². The monoisotopic (exact) mass is 373 g/mol. The average molecular weight is 374 g/mol. The number of carbonyl (C=O) groups is 1. The molecule has 1 fully saturated rings. The van der Waals surface area contributed by atoms with Crippen LogP contribution < -0.4 is 5.32 Å². The van der Waals surface area contributed by atoms with Crippen molar-refractivity contribution in [3.63, 3.8) is 0 Å². The predicted molar refractivity (Wildman–Crippen MR) is 88.8 cm³/mol. The van der Waals surface area contributed by atoms with Crippen molar-refractivity contribution in [1.82, 2.24) is 9.61 Å².